The first kappa shape index (κ1) is 10.2. The van der Waals surface area contributed by atoms with Gasteiger partial charge in [-0.15, -0.1) is 0 Å². The highest BCUT2D eigenvalue weighted by atomic mass is 79.9. The number of anilines is 1. The van der Waals surface area contributed by atoms with Crippen LogP contribution in [-0.2, 0) is 0 Å². The number of rotatable bonds is 2. The van der Waals surface area contributed by atoms with Gasteiger partial charge < -0.3 is 4.90 Å². The van der Waals surface area contributed by atoms with Gasteiger partial charge >= 0.3 is 6.08 Å². The van der Waals surface area contributed by atoms with Crippen LogP contribution in [0.15, 0.2) is 41.0 Å². The first-order chi connectivity index (χ1) is 6.13. The van der Waals surface area contributed by atoms with Crippen LogP contribution in [-0.4, -0.2) is 7.05 Å². The maximum absolute atomic E-state index is 12.2. The van der Waals surface area contributed by atoms with Crippen LogP contribution in [0.25, 0.3) is 0 Å². The summed E-state index contributed by atoms with van der Waals surface area (Å²) in [6, 6.07) is 8.93. The van der Waals surface area contributed by atoms with E-state index in [0.29, 0.717) is 5.69 Å². The average molecular weight is 248 g/mol. The Bertz CT molecular complexity index is 307. The van der Waals surface area contributed by atoms with Crippen LogP contribution in [0.5, 0.6) is 0 Å². The highest BCUT2D eigenvalue weighted by molar-refractivity contribution is 9.11. The topological polar surface area (TPSA) is 3.24 Å². The normalized spacial score (nSPS) is 9.54. The summed E-state index contributed by atoms with van der Waals surface area (Å²) in [6.45, 7) is 0. The lowest BCUT2D eigenvalue weighted by molar-refractivity contribution is 0.416. The molecule has 0 amide bonds. The SMILES string of the molecule is CN(C(Br)=C(F)F)c1ccccc1. The van der Waals surface area contributed by atoms with Gasteiger partial charge in [-0.2, -0.15) is 8.78 Å². The van der Waals surface area contributed by atoms with Gasteiger partial charge in [-0.25, -0.2) is 0 Å². The molecular weight excluding hydrogens is 240 g/mol. The summed E-state index contributed by atoms with van der Waals surface area (Å²) in [5, 5.41) is 0. The largest absolute Gasteiger partial charge is 0.334 e. The standard InChI is InChI=1S/C9H8BrF2N/c1-13(8(10)9(11)12)7-5-3-2-4-6-7/h2-6H,1H3. The molecule has 1 aromatic rings. The van der Waals surface area contributed by atoms with Gasteiger partial charge in [0.05, 0.1) is 0 Å². The summed E-state index contributed by atoms with van der Waals surface area (Å²) in [6.07, 6.45) is -1.73. The van der Waals surface area contributed by atoms with Gasteiger partial charge in [0.1, 0.15) is 0 Å². The minimum Gasteiger partial charge on any atom is -0.334 e. The lowest BCUT2D eigenvalue weighted by atomic mass is 10.3. The third kappa shape index (κ3) is 2.52. The Balaban J connectivity index is 2.93. The predicted octanol–water partition coefficient (Wildman–Crippen LogP) is 3.58. The first-order valence-corrected chi connectivity index (χ1v) is 4.42. The van der Waals surface area contributed by atoms with Crippen molar-refractivity contribution in [1.82, 2.24) is 0 Å². The van der Waals surface area contributed by atoms with Gasteiger partial charge in [0.15, 0.2) is 4.61 Å². The van der Waals surface area contributed by atoms with E-state index >= 15 is 0 Å². The fraction of sp³-hybridized carbons (Fsp3) is 0.111. The Morgan fingerprint density at radius 3 is 2.23 bits per heavy atom. The monoisotopic (exact) mass is 247 g/mol. The minimum absolute atomic E-state index is 0.210. The van der Waals surface area contributed by atoms with E-state index in [4.69, 9.17) is 0 Å². The summed E-state index contributed by atoms with van der Waals surface area (Å²) < 4.78 is 24.1. The zero-order valence-corrected chi connectivity index (χ0v) is 8.55. The highest BCUT2D eigenvalue weighted by Gasteiger charge is 2.09. The molecule has 0 fully saturated rings. The van der Waals surface area contributed by atoms with Crippen molar-refractivity contribution in [3.05, 3.63) is 41.0 Å². The Labute approximate surface area is 83.8 Å². The molecule has 13 heavy (non-hydrogen) atoms. The van der Waals surface area contributed by atoms with Crippen LogP contribution in [0.2, 0.25) is 0 Å². The number of para-hydroxylation sites is 1. The lowest BCUT2D eigenvalue weighted by Crippen LogP contribution is -2.12. The Morgan fingerprint density at radius 2 is 1.77 bits per heavy atom. The molecule has 1 rings (SSSR count). The molecule has 70 valence electrons. The van der Waals surface area contributed by atoms with Crippen molar-refractivity contribution in [2.45, 2.75) is 0 Å². The fourth-order valence-corrected chi connectivity index (χ4v) is 1.10. The molecule has 0 unspecified atom stereocenters. The predicted molar refractivity (Wildman–Crippen MR) is 53.0 cm³/mol. The number of benzene rings is 1. The van der Waals surface area contributed by atoms with Crippen molar-refractivity contribution in [2.75, 3.05) is 11.9 Å². The molecule has 0 spiro atoms. The number of hydrogen-bond acceptors (Lipinski definition) is 1. The lowest BCUT2D eigenvalue weighted by Gasteiger charge is -2.16. The van der Waals surface area contributed by atoms with Gasteiger partial charge in [0.2, 0.25) is 0 Å². The van der Waals surface area contributed by atoms with Gasteiger partial charge in [0.25, 0.3) is 0 Å². The summed E-state index contributed by atoms with van der Waals surface area (Å²) in [7, 11) is 1.57. The van der Waals surface area contributed by atoms with Crippen LogP contribution >= 0.6 is 15.9 Å². The second-order valence-electron chi connectivity index (χ2n) is 2.45. The molecule has 0 aliphatic rings. The molecule has 1 aromatic carbocycles. The summed E-state index contributed by atoms with van der Waals surface area (Å²) in [4.78, 5) is 1.37. The van der Waals surface area contributed by atoms with Gasteiger partial charge in [-0.1, -0.05) is 18.2 Å². The van der Waals surface area contributed by atoms with E-state index in [-0.39, 0.29) is 4.61 Å². The van der Waals surface area contributed by atoms with Crippen molar-refractivity contribution in [3.63, 3.8) is 0 Å². The van der Waals surface area contributed by atoms with E-state index in [1.807, 2.05) is 6.07 Å². The van der Waals surface area contributed by atoms with Crippen LogP contribution in [0.4, 0.5) is 14.5 Å². The van der Waals surface area contributed by atoms with Crippen LogP contribution in [0.3, 0.4) is 0 Å². The maximum Gasteiger partial charge on any atom is 0.300 e. The zero-order chi connectivity index (χ0) is 9.84. The van der Waals surface area contributed by atoms with Crippen molar-refractivity contribution in [3.8, 4) is 0 Å². The van der Waals surface area contributed by atoms with E-state index in [1.165, 1.54) is 4.90 Å². The fourth-order valence-electron chi connectivity index (χ4n) is 0.892. The molecule has 0 saturated carbocycles. The second kappa shape index (κ2) is 4.37. The molecule has 0 aliphatic heterocycles. The second-order valence-corrected chi connectivity index (χ2v) is 3.20. The van der Waals surface area contributed by atoms with Crippen molar-refractivity contribution < 1.29 is 8.78 Å². The minimum atomic E-state index is -1.73. The zero-order valence-electron chi connectivity index (χ0n) is 6.97. The smallest absolute Gasteiger partial charge is 0.300 e. The van der Waals surface area contributed by atoms with Crippen molar-refractivity contribution in [2.24, 2.45) is 0 Å². The number of halogens is 3. The third-order valence-corrected chi connectivity index (χ3v) is 2.43. The molecule has 0 bridgehead atoms. The Morgan fingerprint density at radius 1 is 1.23 bits per heavy atom. The molecule has 1 nitrogen and oxygen atoms in total. The van der Waals surface area contributed by atoms with Crippen molar-refractivity contribution in [1.29, 1.82) is 0 Å². The van der Waals surface area contributed by atoms with Crippen LogP contribution in [0, 0.1) is 0 Å². The van der Waals surface area contributed by atoms with Crippen LogP contribution < -0.4 is 4.90 Å². The van der Waals surface area contributed by atoms with E-state index < -0.39 is 6.08 Å². The molecule has 0 heterocycles. The number of hydrogen-bond donors (Lipinski definition) is 0. The van der Waals surface area contributed by atoms with E-state index in [2.05, 4.69) is 15.9 Å². The maximum atomic E-state index is 12.2. The summed E-state index contributed by atoms with van der Waals surface area (Å²) in [5.41, 5.74) is 0.710. The van der Waals surface area contributed by atoms with E-state index in [0.717, 1.165) is 0 Å². The molecular formula is C9H8BrF2N. The molecule has 0 radical (unpaired) electrons. The first-order valence-electron chi connectivity index (χ1n) is 3.62. The number of nitrogens with zero attached hydrogens (tertiary/aromatic N) is 1. The van der Waals surface area contributed by atoms with E-state index in [1.54, 1.807) is 31.3 Å². The average Bonchev–Trinajstić information content (AvgIpc) is 2.17. The summed E-state index contributed by atoms with van der Waals surface area (Å²) in [5.74, 6) is 0. The summed E-state index contributed by atoms with van der Waals surface area (Å²) >= 11 is 2.80. The third-order valence-electron chi connectivity index (χ3n) is 1.59. The van der Waals surface area contributed by atoms with Gasteiger partial charge in [-0.3, -0.25) is 0 Å². The van der Waals surface area contributed by atoms with Gasteiger partial charge in [0, 0.05) is 12.7 Å². The van der Waals surface area contributed by atoms with Gasteiger partial charge in [-0.05, 0) is 28.1 Å². The molecule has 0 saturated heterocycles. The van der Waals surface area contributed by atoms with Crippen molar-refractivity contribution >= 4 is 21.6 Å². The molecule has 4 heteroatoms. The molecule has 0 atom stereocenters. The quantitative estimate of drug-likeness (QED) is 0.723. The molecule has 0 N–H and O–H groups in total. The highest BCUT2D eigenvalue weighted by Crippen LogP contribution is 2.24. The Kier molecular flexibility index (Phi) is 3.42. The van der Waals surface area contributed by atoms with E-state index in [9.17, 15) is 8.78 Å². The molecule has 0 aliphatic carbocycles. The van der Waals surface area contributed by atoms with Crippen LogP contribution in [0.1, 0.15) is 0 Å². The molecule has 0 aromatic heterocycles. The Hall–Kier alpha value is -0.900.